The molecule has 0 aromatic heterocycles. The molecule has 0 radical (unpaired) electrons. The second kappa shape index (κ2) is 3.36. The topological polar surface area (TPSA) is 20.1 Å². The van der Waals surface area contributed by atoms with E-state index in [9.17, 15) is 4.79 Å². The Morgan fingerprint density at radius 1 is 1.75 bits per heavy atom. The molecule has 0 aromatic carbocycles. The zero-order valence-corrected chi connectivity index (χ0v) is 5.64. The molecule has 8 heavy (non-hydrogen) atoms. The van der Waals surface area contributed by atoms with E-state index in [1.807, 2.05) is 13.1 Å². The van der Waals surface area contributed by atoms with Crippen molar-refractivity contribution >= 4 is 12.1 Å². The van der Waals surface area contributed by atoms with Gasteiger partial charge in [-0.15, -0.1) is 0 Å². The van der Waals surface area contributed by atoms with Crippen LogP contribution in [-0.2, 0) is 4.79 Å². The molecule has 0 saturated carbocycles. The van der Waals surface area contributed by atoms with Gasteiger partial charge in [0.25, 0.3) is 0 Å². The van der Waals surface area contributed by atoms with Crippen molar-refractivity contribution in [2.24, 2.45) is 0 Å². The standard InChI is InChI=1S/C6H12NO/c1-4-5-7(3)6(2)8/h5H,4H2,1-3H3/q+1. The molecular formula is C6H12NO+. The van der Waals surface area contributed by atoms with Crippen LogP contribution in [0, 0.1) is 0 Å². The predicted molar refractivity (Wildman–Crippen MR) is 33.2 cm³/mol. The highest BCUT2D eigenvalue weighted by Gasteiger charge is 1.98. The number of hydrogen-bond donors (Lipinski definition) is 0. The van der Waals surface area contributed by atoms with Gasteiger partial charge in [-0.05, 0) is 0 Å². The minimum absolute atomic E-state index is 0.0897. The summed E-state index contributed by atoms with van der Waals surface area (Å²) in [5.74, 6) is 0.0897. The van der Waals surface area contributed by atoms with Crippen molar-refractivity contribution in [1.82, 2.24) is 0 Å². The lowest BCUT2D eigenvalue weighted by Crippen LogP contribution is -2.12. The lowest BCUT2D eigenvalue weighted by molar-refractivity contribution is -0.413. The Morgan fingerprint density at radius 2 is 2.25 bits per heavy atom. The van der Waals surface area contributed by atoms with Crippen molar-refractivity contribution in [2.75, 3.05) is 7.05 Å². The Kier molecular flexibility index (Phi) is 3.08. The molecule has 2 heteroatoms. The first kappa shape index (κ1) is 7.34. The van der Waals surface area contributed by atoms with E-state index in [1.165, 1.54) is 0 Å². The van der Waals surface area contributed by atoms with Crippen molar-refractivity contribution in [3.8, 4) is 0 Å². The van der Waals surface area contributed by atoms with E-state index in [0.717, 1.165) is 6.42 Å². The second-order valence-electron chi connectivity index (χ2n) is 1.72. The van der Waals surface area contributed by atoms with Crippen LogP contribution >= 0.6 is 0 Å². The maximum Gasteiger partial charge on any atom is 0.383 e. The fourth-order valence-electron chi connectivity index (χ4n) is 0.402. The first-order valence-corrected chi connectivity index (χ1v) is 2.75. The Bertz CT molecular complexity index is 116. The van der Waals surface area contributed by atoms with Crippen LogP contribution in [0.3, 0.4) is 0 Å². The van der Waals surface area contributed by atoms with Crippen molar-refractivity contribution in [1.29, 1.82) is 0 Å². The smallest absolute Gasteiger partial charge is 0.220 e. The molecule has 0 aliphatic carbocycles. The molecule has 1 amide bonds. The van der Waals surface area contributed by atoms with Crippen LogP contribution in [0.5, 0.6) is 0 Å². The lowest BCUT2D eigenvalue weighted by atomic mass is 10.5. The lowest BCUT2D eigenvalue weighted by Gasteiger charge is -1.83. The third-order valence-electron chi connectivity index (χ3n) is 0.953. The Morgan fingerprint density at radius 3 is 2.38 bits per heavy atom. The normalized spacial score (nSPS) is 11.6. The van der Waals surface area contributed by atoms with E-state index < -0.39 is 0 Å². The fraction of sp³-hybridized carbons (Fsp3) is 0.667. The van der Waals surface area contributed by atoms with Gasteiger partial charge in [-0.25, -0.2) is 4.79 Å². The molecule has 46 valence electrons. The average Bonchev–Trinajstić information content (AvgIpc) is 1.67. The Hall–Kier alpha value is -0.660. The molecule has 0 spiro atoms. The maximum atomic E-state index is 10.4. The summed E-state index contributed by atoms with van der Waals surface area (Å²) in [6.45, 7) is 3.55. The van der Waals surface area contributed by atoms with Gasteiger partial charge in [0.15, 0.2) is 0 Å². The first-order valence-electron chi connectivity index (χ1n) is 2.75. The summed E-state index contributed by atoms with van der Waals surface area (Å²) in [5, 5.41) is 0. The number of rotatable bonds is 1. The second-order valence-corrected chi connectivity index (χ2v) is 1.72. The van der Waals surface area contributed by atoms with Crippen LogP contribution in [0.4, 0.5) is 0 Å². The Labute approximate surface area is 49.8 Å². The van der Waals surface area contributed by atoms with Gasteiger partial charge in [0.05, 0.1) is 6.92 Å². The van der Waals surface area contributed by atoms with Crippen molar-refractivity contribution in [2.45, 2.75) is 20.3 Å². The quantitative estimate of drug-likeness (QED) is 0.362. The van der Waals surface area contributed by atoms with Gasteiger partial charge in [0.1, 0.15) is 13.3 Å². The molecule has 0 N–H and O–H groups in total. The SMILES string of the molecule is CCC=[N+](C)C(C)=O. The summed E-state index contributed by atoms with van der Waals surface area (Å²) >= 11 is 0. The highest BCUT2D eigenvalue weighted by Crippen LogP contribution is 1.70. The minimum Gasteiger partial charge on any atom is -0.220 e. The molecule has 0 unspecified atom stereocenters. The molecule has 0 heterocycles. The average molecular weight is 114 g/mol. The van der Waals surface area contributed by atoms with Gasteiger partial charge in [-0.3, -0.25) is 0 Å². The molecule has 0 bridgehead atoms. The minimum atomic E-state index is 0.0897. The van der Waals surface area contributed by atoms with Gasteiger partial charge >= 0.3 is 5.91 Å². The fourth-order valence-corrected chi connectivity index (χ4v) is 0.402. The monoisotopic (exact) mass is 114 g/mol. The van der Waals surface area contributed by atoms with E-state index in [1.54, 1.807) is 18.5 Å². The molecule has 0 atom stereocenters. The van der Waals surface area contributed by atoms with Crippen LogP contribution < -0.4 is 0 Å². The zero-order valence-electron chi connectivity index (χ0n) is 5.64. The van der Waals surface area contributed by atoms with E-state index in [0.29, 0.717) is 0 Å². The number of hydrogen-bond acceptors (Lipinski definition) is 1. The Balaban J connectivity index is 3.80. The van der Waals surface area contributed by atoms with Crippen LogP contribution in [0.1, 0.15) is 20.3 Å². The van der Waals surface area contributed by atoms with Gasteiger partial charge in [-0.2, -0.15) is 4.58 Å². The van der Waals surface area contributed by atoms with Crippen molar-refractivity contribution < 1.29 is 9.37 Å². The van der Waals surface area contributed by atoms with E-state index >= 15 is 0 Å². The molecule has 2 nitrogen and oxygen atoms in total. The summed E-state index contributed by atoms with van der Waals surface area (Å²) in [6, 6.07) is 0. The third kappa shape index (κ3) is 2.50. The summed E-state index contributed by atoms with van der Waals surface area (Å²) in [6.07, 6.45) is 2.76. The maximum absolute atomic E-state index is 10.4. The van der Waals surface area contributed by atoms with Crippen molar-refractivity contribution in [3.05, 3.63) is 0 Å². The summed E-state index contributed by atoms with van der Waals surface area (Å²) in [5.41, 5.74) is 0. The summed E-state index contributed by atoms with van der Waals surface area (Å²) in [4.78, 5) is 10.4. The zero-order chi connectivity index (χ0) is 6.57. The highest BCUT2D eigenvalue weighted by atomic mass is 16.1. The largest absolute Gasteiger partial charge is 0.383 e. The van der Waals surface area contributed by atoms with Crippen LogP contribution in [0.25, 0.3) is 0 Å². The molecule has 0 saturated heterocycles. The third-order valence-corrected chi connectivity index (χ3v) is 0.953. The number of amides is 1. The number of nitrogens with zero attached hydrogens (tertiary/aromatic N) is 1. The molecular weight excluding hydrogens is 102 g/mol. The number of carbonyl (C=O) groups excluding carboxylic acids is 1. The van der Waals surface area contributed by atoms with Crippen LogP contribution in [0.15, 0.2) is 0 Å². The molecule has 0 aliphatic rings. The number of carbonyl (C=O) groups is 1. The van der Waals surface area contributed by atoms with Gasteiger partial charge < -0.3 is 0 Å². The summed E-state index contributed by atoms with van der Waals surface area (Å²) < 4.78 is 1.58. The molecule has 0 rings (SSSR count). The predicted octanol–water partition coefficient (Wildman–Crippen LogP) is 0.656. The first-order chi connectivity index (χ1) is 3.68. The highest BCUT2D eigenvalue weighted by molar-refractivity contribution is 5.69. The molecule has 0 aromatic rings. The molecule has 0 fully saturated rings. The van der Waals surface area contributed by atoms with Crippen LogP contribution in [-0.4, -0.2) is 23.7 Å². The van der Waals surface area contributed by atoms with E-state index in [2.05, 4.69) is 0 Å². The summed E-state index contributed by atoms with van der Waals surface area (Å²) in [7, 11) is 1.76. The van der Waals surface area contributed by atoms with Crippen molar-refractivity contribution in [3.63, 3.8) is 0 Å². The van der Waals surface area contributed by atoms with E-state index in [4.69, 9.17) is 0 Å². The van der Waals surface area contributed by atoms with Gasteiger partial charge in [0, 0.05) is 6.42 Å². The van der Waals surface area contributed by atoms with Gasteiger partial charge in [-0.1, -0.05) is 6.92 Å². The van der Waals surface area contributed by atoms with E-state index in [-0.39, 0.29) is 5.91 Å². The molecule has 0 aliphatic heterocycles. The van der Waals surface area contributed by atoms with Crippen LogP contribution in [0.2, 0.25) is 0 Å². The van der Waals surface area contributed by atoms with Gasteiger partial charge in [0.2, 0.25) is 0 Å².